The van der Waals surface area contributed by atoms with Crippen molar-refractivity contribution in [1.82, 2.24) is 4.90 Å². The van der Waals surface area contributed by atoms with Crippen molar-refractivity contribution in [3.63, 3.8) is 0 Å². The summed E-state index contributed by atoms with van der Waals surface area (Å²) in [7, 11) is 0. The van der Waals surface area contributed by atoms with E-state index in [1.54, 1.807) is 4.90 Å². The average Bonchev–Trinajstić information content (AvgIpc) is 3.10. The predicted molar refractivity (Wildman–Crippen MR) is 113 cm³/mol. The van der Waals surface area contributed by atoms with Gasteiger partial charge < -0.3 is 19.1 Å². The number of hydrogen-bond donors (Lipinski definition) is 0. The van der Waals surface area contributed by atoms with E-state index in [4.69, 9.17) is 14.2 Å². The van der Waals surface area contributed by atoms with Gasteiger partial charge in [0.25, 0.3) is 16.3 Å². The van der Waals surface area contributed by atoms with Crippen LogP contribution in [0.1, 0.15) is 33.6 Å². The molecule has 1 heterocycles. The minimum Gasteiger partial charge on any atom is -0.491 e. The monoisotopic (exact) mass is 397 g/mol. The zero-order valence-corrected chi connectivity index (χ0v) is 19.1. The van der Waals surface area contributed by atoms with E-state index in [9.17, 15) is 4.79 Å². The number of benzene rings is 2. The van der Waals surface area contributed by atoms with Crippen molar-refractivity contribution in [1.29, 1.82) is 0 Å². The molecule has 1 atom stereocenters. The smallest absolute Gasteiger partial charge is 0.410 e. The summed E-state index contributed by atoms with van der Waals surface area (Å²) in [4.78, 5) is 14.1. The number of likely N-dealkylation sites (tertiary alicyclic amines) is 1. The first kappa shape index (κ1) is 20.6. The first-order chi connectivity index (χ1) is 13.3. The minimum atomic E-state index is -0.486. The maximum atomic E-state index is 12.4. The third-order valence-electron chi connectivity index (χ3n) is 4.53. The van der Waals surface area contributed by atoms with E-state index >= 15 is 0 Å². The van der Waals surface area contributed by atoms with Crippen LogP contribution in [-0.4, -0.2) is 52.1 Å². The summed E-state index contributed by atoms with van der Waals surface area (Å²) in [5.41, 5.74) is -0.486. The fraction of sp³-hybridized carbons (Fsp3) is 0.409. The number of carbonyl (C=O) groups is 1. The highest BCUT2D eigenvalue weighted by molar-refractivity contribution is 6.32. The highest BCUT2D eigenvalue weighted by Gasteiger charge is 2.32. The highest BCUT2D eigenvalue weighted by Crippen LogP contribution is 2.25. The van der Waals surface area contributed by atoms with Crippen molar-refractivity contribution in [3.05, 3.63) is 48.5 Å². The van der Waals surface area contributed by atoms with Gasteiger partial charge in [-0.05, 0) is 70.0 Å². The van der Waals surface area contributed by atoms with Crippen LogP contribution in [0.25, 0.3) is 0 Å². The molecule has 0 radical (unpaired) electrons. The SMILES string of the molecule is CC(C)(C)OC(=O)N1CCCC1COc1ccc(Oc2cc[c]([AlH2])cc2)cc1. The fourth-order valence-electron chi connectivity index (χ4n) is 3.11. The molecule has 2 aromatic carbocycles. The summed E-state index contributed by atoms with van der Waals surface area (Å²) in [5, 5.41) is 0. The van der Waals surface area contributed by atoms with Crippen molar-refractivity contribution >= 4 is 26.8 Å². The molecule has 1 amide bonds. The lowest BCUT2D eigenvalue weighted by Crippen LogP contribution is -2.42. The van der Waals surface area contributed by atoms with Gasteiger partial charge >= 0.3 is 6.09 Å². The van der Waals surface area contributed by atoms with E-state index in [1.807, 2.05) is 57.2 Å². The Kier molecular flexibility index (Phi) is 6.54. The molecule has 2 aromatic rings. The van der Waals surface area contributed by atoms with Gasteiger partial charge in [-0.3, -0.25) is 0 Å². The lowest BCUT2D eigenvalue weighted by Gasteiger charge is -2.28. The molecule has 1 fully saturated rings. The molecule has 3 rings (SSSR count). The normalized spacial score (nSPS) is 16.7. The van der Waals surface area contributed by atoms with Gasteiger partial charge in [0.2, 0.25) is 0 Å². The molecular weight excluding hydrogens is 369 g/mol. The molecule has 5 nitrogen and oxygen atoms in total. The van der Waals surface area contributed by atoms with Gasteiger partial charge in [0.05, 0.1) is 6.04 Å². The second-order valence-corrected chi connectivity index (χ2v) is 9.32. The summed E-state index contributed by atoms with van der Waals surface area (Å²) >= 11 is 1.04. The Balaban J connectivity index is 1.52. The number of amides is 1. The zero-order chi connectivity index (χ0) is 20.1. The van der Waals surface area contributed by atoms with Crippen LogP contribution in [0.15, 0.2) is 48.5 Å². The molecule has 0 saturated carbocycles. The maximum Gasteiger partial charge on any atom is 0.410 e. The Bertz CT molecular complexity index is 784. The summed E-state index contributed by atoms with van der Waals surface area (Å²) in [6, 6.07) is 15.7. The molecule has 0 aromatic heterocycles. The number of nitrogens with zero attached hydrogens (tertiary/aromatic N) is 1. The van der Waals surface area contributed by atoms with Gasteiger partial charge in [-0.2, -0.15) is 0 Å². The second kappa shape index (κ2) is 8.90. The van der Waals surface area contributed by atoms with Gasteiger partial charge in [0.15, 0.2) is 0 Å². The van der Waals surface area contributed by atoms with Crippen molar-refractivity contribution < 1.29 is 19.0 Å². The Morgan fingerprint density at radius 1 is 1.04 bits per heavy atom. The molecule has 1 saturated heterocycles. The Morgan fingerprint density at radius 3 is 2.21 bits per heavy atom. The van der Waals surface area contributed by atoms with E-state index in [1.165, 1.54) is 4.43 Å². The van der Waals surface area contributed by atoms with Crippen LogP contribution in [0.2, 0.25) is 0 Å². The molecule has 1 aliphatic rings. The average molecular weight is 397 g/mol. The number of rotatable bonds is 5. The highest BCUT2D eigenvalue weighted by atomic mass is 27.0. The van der Waals surface area contributed by atoms with Crippen molar-refractivity contribution in [2.45, 2.75) is 45.3 Å². The van der Waals surface area contributed by atoms with E-state index in [-0.39, 0.29) is 12.1 Å². The molecule has 1 aliphatic heterocycles. The van der Waals surface area contributed by atoms with Gasteiger partial charge in [-0.25, -0.2) is 4.79 Å². The van der Waals surface area contributed by atoms with Crippen molar-refractivity contribution in [2.75, 3.05) is 13.2 Å². The van der Waals surface area contributed by atoms with Gasteiger partial charge in [0.1, 0.15) is 29.5 Å². The van der Waals surface area contributed by atoms with Crippen molar-refractivity contribution in [2.24, 2.45) is 0 Å². The van der Waals surface area contributed by atoms with Crippen LogP contribution in [0.3, 0.4) is 0 Å². The number of ether oxygens (including phenoxy) is 3. The summed E-state index contributed by atoms with van der Waals surface area (Å²) in [5.74, 6) is 2.36. The van der Waals surface area contributed by atoms with Crippen LogP contribution in [-0.2, 0) is 4.74 Å². The van der Waals surface area contributed by atoms with E-state index in [0.29, 0.717) is 6.61 Å². The Labute approximate surface area is 175 Å². The topological polar surface area (TPSA) is 48.0 Å². The lowest BCUT2D eigenvalue weighted by atomic mass is 10.2. The maximum absolute atomic E-state index is 12.4. The van der Waals surface area contributed by atoms with Crippen LogP contribution < -0.4 is 13.9 Å². The van der Waals surface area contributed by atoms with Crippen LogP contribution >= 0.6 is 0 Å². The lowest BCUT2D eigenvalue weighted by molar-refractivity contribution is 0.0187. The second-order valence-electron chi connectivity index (χ2n) is 8.17. The van der Waals surface area contributed by atoms with Crippen LogP contribution in [0.5, 0.6) is 17.2 Å². The molecule has 0 N–H and O–H groups in total. The van der Waals surface area contributed by atoms with E-state index < -0.39 is 5.60 Å². The molecule has 0 bridgehead atoms. The van der Waals surface area contributed by atoms with Gasteiger partial charge in [-0.15, -0.1) is 4.43 Å². The minimum absolute atomic E-state index is 0.0434. The third-order valence-corrected chi connectivity index (χ3v) is 5.19. The molecule has 0 aliphatic carbocycles. The number of hydrogen-bond acceptors (Lipinski definition) is 4. The molecule has 6 heteroatoms. The summed E-state index contributed by atoms with van der Waals surface area (Å²) in [6.07, 6.45) is 1.64. The molecule has 0 spiro atoms. The van der Waals surface area contributed by atoms with Gasteiger partial charge in [0, 0.05) is 6.54 Å². The fourth-order valence-corrected chi connectivity index (χ4v) is 3.44. The largest absolute Gasteiger partial charge is 0.491 e. The zero-order valence-electron chi connectivity index (χ0n) is 17.1. The Morgan fingerprint density at radius 2 is 1.61 bits per heavy atom. The van der Waals surface area contributed by atoms with E-state index in [0.717, 1.165) is 52.9 Å². The first-order valence-electron chi connectivity index (χ1n) is 9.77. The first-order valence-corrected chi connectivity index (χ1v) is 10.8. The number of carbonyl (C=O) groups excluding carboxylic acids is 1. The molecule has 28 heavy (non-hydrogen) atoms. The summed E-state index contributed by atoms with van der Waals surface area (Å²) in [6.45, 7) is 6.83. The van der Waals surface area contributed by atoms with Crippen molar-refractivity contribution in [3.8, 4) is 17.2 Å². The molecule has 1 unspecified atom stereocenters. The predicted octanol–water partition coefficient (Wildman–Crippen LogP) is 3.52. The molecule has 148 valence electrons. The van der Waals surface area contributed by atoms with Crippen LogP contribution in [0, 0.1) is 0 Å². The summed E-state index contributed by atoms with van der Waals surface area (Å²) < 4.78 is 18.6. The quantitative estimate of drug-likeness (QED) is 0.725. The van der Waals surface area contributed by atoms with Crippen LogP contribution in [0.4, 0.5) is 4.79 Å². The van der Waals surface area contributed by atoms with Gasteiger partial charge in [-0.1, -0.05) is 12.1 Å². The standard InChI is InChI=1S/C22H26NO4.Al.2H/c1-22(2,3)27-21(24)23-15-7-8-17(23)16-25-18-11-13-20(14-12-18)26-19-9-5-4-6-10-19;;;/h5-6,9-14,17H,7-8,15-16H2,1-3H3;;;. The molecular formula is C22H28AlNO4. The Hall–Kier alpha value is -2.16. The van der Waals surface area contributed by atoms with E-state index in [2.05, 4.69) is 12.1 Å². The third kappa shape index (κ3) is 5.92.